The molecule has 4 nitrogen and oxygen atoms in total. The van der Waals surface area contributed by atoms with Gasteiger partial charge in [-0.2, -0.15) is 0 Å². The van der Waals surface area contributed by atoms with Crippen LogP contribution in [0.5, 0.6) is 0 Å². The standard InChI is InChI=1S/C13H17NO3S/c1-2-8(13(16)17)7-14-12(15)11-6-9-4-3-5-10(9)18-11/h6,8H,2-5,7H2,1H3,(H,14,15)(H,16,17). The number of amides is 1. The summed E-state index contributed by atoms with van der Waals surface area (Å²) >= 11 is 1.54. The summed E-state index contributed by atoms with van der Waals surface area (Å²) in [5.74, 6) is -1.50. The maximum atomic E-state index is 11.9. The topological polar surface area (TPSA) is 66.4 Å². The number of aryl methyl sites for hydroxylation is 2. The molecule has 1 amide bonds. The largest absolute Gasteiger partial charge is 0.481 e. The SMILES string of the molecule is CCC(CNC(=O)c1cc2c(s1)CCC2)C(=O)O. The van der Waals surface area contributed by atoms with Crippen LogP contribution < -0.4 is 5.32 Å². The van der Waals surface area contributed by atoms with Gasteiger partial charge in [0.15, 0.2) is 0 Å². The number of nitrogens with one attached hydrogen (secondary N) is 1. The van der Waals surface area contributed by atoms with Crippen LogP contribution in [-0.2, 0) is 17.6 Å². The Morgan fingerprint density at radius 2 is 2.28 bits per heavy atom. The predicted octanol–water partition coefficient (Wildman–Crippen LogP) is 2.08. The highest BCUT2D eigenvalue weighted by atomic mass is 32.1. The monoisotopic (exact) mass is 267 g/mol. The molecule has 1 aliphatic carbocycles. The molecule has 0 spiro atoms. The van der Waals surface area contributed by atoms with Crippen molar-refractivity contribution in [3.63, 3.8) is 0 Å². The minimum atomic E-state index is -0.855. The van der Waals surface area contributed by atoms with Gasteiger partial charge >= 0.3 is 5.97 Å². The zero-order chi connectivity index (χ0) is 13.1. The molecule has 18 heavy (non-hydrogen) atoms. The minimum Gasteiger partial charge on any atom is -0.481 e. The Labute approximate surface area is 110 Å². The molecule has 1 unspecified atom stereocenters. The van der Waals surface area contributed by atoms with E-state index < -0.39 is 11.9 Å². The van der Waals surface area contributed by atoms with E-state index >= 15 is 0 Å². The summed E-state index contributed by atoms with van der Waals surface area (Å²) in [5.41, 5.74) is 1.29. The molecule has 1 aromatic heterocycles. The third kappa shape index (κ3) is 2.72. The number of rotatable bonds is 5. The van der Waals surface area contributed by atoms with Gasteiger partial charge in [0, 0.05) is 11.4 Å². The molecule has 0 saturated carbocycles. The minimum absolute atomic E-state index is 0.144. The average Bonchev–Trinajstić information content (AvgIpc) is 2.88. The van der Waals surface area contributed by atoms with Crippen LogP contribution in [0, 0.1) is 5.92 Å². The van der Waals surface area contributed by atoms with E-state index in [1.54, 1.807) is 0 Å². The molecular formula is C13H17NO3S. The molecule has 1 aliphatic rings. The average molecular weight is 267 g/mol. The van der Waals surface area contributed by atoms with Crippen LogP contribution in [0.4, 0.5) is 0 Å². The van der Waals surface area contributed by atoms with Gasteiger partial charge in [0.25, 0.3) is 5.91 Å². The molecule has 0 bridgehead atoms. The van der Waals surface area contributed by atoms with Crippen molar-refractivity contribution in [1.29, 1.82) is 0 Å². The fourth-order valence-electron chi connectivity index (χ4n) is 2.15. The number of fused-ring (bicyclic) bond motifs is 1. The smallest absolute Gasteiger partial charge is 0.308 e. The normalized spacial score (nSPS) is 15.2. The van der Waals surface area contributed by atoms with E-state index in [2.05, 4.69) is 5.32 Å². The second-order valence-electron chi connectivity index (χ2n) is 4.57. The summed E-state index contributed by atoms with van der Waals surface area (Å²) < 4.78 is 0. The summed E-state index contributed by atoms with van der Waals surface area (Å²) in [6, 6.07) is 1.95. The van der Waals surface area contributed by atoms with E-state index in [9.17, 15) is 9.59 Å². The lowest BCUT2D eigenvalue weighted by Gasteiger charge is -2.10. The van der Waals surface area contributed by atoms with Gasteiger partial charge in [-0.1, -0.05) is 6.92 Å². The highest BCUT2D eigenvalue weighted by Gasteiger charge is 2.20. The first kappa shape index (κ1) is 13.1. The van der Waals surface area contributed by atoms with Crippen molar-refractivity contribution in [2.24, 2.45) is 5.92 Å². The second kappa shape index (κ2) is 5.52. The number of hydrogen-bond donors (Lipinski definition) is 2. The van der Waals surface area contributed by atoms with Gasteiger partial charge in [-0.3, -0.25) is 9.59 Å². The summed E-state index contributed by atoms with van der Waals surface area (Å²) in [4.78, 5) is 24.8. The quantitative estimate of drug-likeness (QED) is 0.858. The molecule has 1 heterocycles. The fourth-order valence-corrected chi connectivity index (χ4v) is 3.32. The van der Waals surface area contributed by atoms with Crippen LogP contribution in [0.25, 0.3) is 0 Å². The van der Waals surface area contributed by atoms with Crippen molar-refractivity contribution in [3.05, 3.63) is 21.4 Å². The molecule has 1 aromatic rings. The number of carbonyl (C=O) groups is 2. The maximum Gasteiger partial charge on any atom is 0.308 e. The van der Waals surface area contributed by atoms with Crippen LogP contribution in [0.15, 0.2) is 6.07 Å². The summed E-state index contributed by atoms with van der Waals surface area (Å²) in [5, 5.41) is 11.6. The van der Waals surface area contributed by atoms with Crippen molar-refractivity contribution in [2.45, 2.75) is 32.6 Å². The Morgan fingerprint density at radius 3 is 2.89 bits per heavy atom. The summed E-state index contributed by atoms with van der Waals surface area (Å²) in [6.45, 7) is 2.01. The van der Waals surface area contributed by atoms with Gasteiger partial charge in [-0.05, 0) is 37.3 Å². The zero-order valence-corrected chi connectivity index (χ0v) is 11.2. The molecule has 5 heteroatoms. The number of thiophene rings is 1. The number of carboxylic acid groups (broad SMARTS) is 1. The second-order valence-corrected chi connectivity index (χ2v) is 5.70. The molecular weight excluding hydrogens is 250 g/mol. The van der Waals surface area contributed by atoms with Gasteiger partial charge in [-0.25, -0.2) is 0 Å². The van der Waals surface area contributed by atoms with Crippen LogP contribution in [-0.4, -0.2) is 23.5 Å². The van der Waals surface area contributed by atoms with E-state index in [1.165, 1.54) is 28.2 Å². The fraction of sp³-hybridized carbons (Fsp3) is 0.538. The third-order valence-corrected chi connectivity index (χ3v) is 4.56. The van der Waals surface area contributed by atoms with Gasteiger partial charge in [0.2, 0.25) is 0 Å². The Hall–Kier alpha value is -1.36. The molecule has 98 valence electrons. The van der Waals surface area contributed by atoms with Crippen molar-refractivity contribution >= 4 is 23.2 Å². The first-order valence-corrected chi connectivity index (χ1v) is 7.06. The molecule has 0 radical (unpaired) electrons. The number of aliphatic carboxylic acids is 1. The molecule has 0 aliphatic heterocycles. The van der Waals surface area contributed by atoms with Crippen LogP contribution in [0.1, 0.15) is 39.9 Å². The zero-order valence-electron chi connectivity index (χ0n) is 10.4. The highest BCUT2D eigenvalue weighted by Crippen LogP contribution is 2.30. The summed E-state index contributed by atoms with van der Waals surface area (Å²) in [7, 11) is 0. The van der Waals surface area contributed by atoms with E-state index in [4.69, 9.17) is 5.11 Å². The van der Waals surface area contributed by atoms with Crippen LogP contribution in [0.2, 0.25) is 0 Å². The highest BCUT2D eigenvalue weighted by molar-refractivity contribution is 7.14. The number of hydrogen-bond acceptors (Lipinski definition) is 3. The van der Waals surface area contributed by atoms with Gasteiger partial charge in [0.05, 0.1) is 10.8 Å². The van der Waals surface area contributed by atoms with Gasteiger partial charge < -0.3 is 10.4 Å². The van der Waals surface area contributed by atoms with Crippen molar-refractivity contribution in [1.82, 2.24) is 5.32 Å². The Bertz CT molecular complexity index is 445. The first-order valence-electron chi connectivity index (χ1n) is 6.24. The number of carboxylic acids is 1. The molecule has 2 N–H and O–H groups in total. The third-order valence-electron chi connectivity index (χ3n) is 3.32. The Kier molecular flexibility index (Phi) is 4.01. The first-order chi connectivity index (χ1) is 8.61. The lowest BCUT2D eigenvalue weighted by Crippen LogP contribution is -2.32. The molecule has 0 aromatic carbocycles. The predicted molar refractivity (Wildman–Crippen MR) is 70.1 cm³/mol. The van der Waals surface area contributed by atoms with Crippen molar-refractivity contribution in [3.8, 4) is 0 Å². The van der Waals surface area contributed by atoms with Crippen molar-refractivity contribution < 1.29 is 14.7 Å². The van der Waals surface area contributed by atoms with Gasteiger partial charge in [0.1, 0.15) is 0 Å². The number of carbonyl (C=O) groups excluding carboxylic acids is 1. The van der Waals surface area contributed by atoms with Crippen molar-refractivity contribution in [2.75, 3.05) is 6.54 Å². The Morgan fingerprint density at radius 1 is 1.50 bits per heavy atom. The lowest BCUT2D eigenvalue weighted by atomic mass is 10.1. The van der Waals surface area contributed by atoms with Gasteiger partial charge in [-0.15, -0.1) is 11.3 Å². The lowest BCUT2D eigenvalue weighted by molar-refractivity contribution is -0.141. The maximum absolute atomic E-state index is 11.9. The molecule has 2 rings (SSSR count). The van der Waals surface area contributed by atoms with E-state index in [0.29, 0.717) is 11.3 Å². The molecule has 1 atom stereocenters. The van der Waals surface area contributed by atoms with E-state index in [0.717, 1.165) is 12.8 Å². The molecule has 0 fully saturated rings. The molecule has 0 saturated heterocycles. The summed E-state index contributed by atoms with van der Waals surface area (Å²) in [6.07, 6.45) is 3.84. The Balaban J connectivity index is 1.93. The van der Waals surface area contributed by atoms with Crippen LogP contribution >= 0.6 is 11.3 Å². The van der Waals surface area contributed by atoms with Crippen LogP contribution in [0.3, 0.4) is 0 Å². The van der Waals surface area contributed by atoms with E-state index in [-0.39, 0.29) is 12.5 Å². The van der Waals surface area contributed by atoms with E-state index in [1.807, 2.05) is 13.0 Å².